The van der Waals surface area contributed by atoms with Gasteiger partial charge in [0.05, 0.1) is 7.11 Å². The normalized spacial score (nSPS) is 17.1. The summed E-state index contributed by atoms with van der Waals surface area (Å²) in [6.07, 6.45) is 4.63. The van der Waals surface area contributed by atoms with Gasteiger partial charge < -0.3 is 14.5 Å². The van der Waals surface area contributed by atoms with Crippen molar-refractivity contribution in [3.8, 4) is 11.5 Å². The number of ether oxygens (including phenoxy) is 1. The molecule has 0 radical (unpaired) electrons. The van der Waals surface area contributed by atoms with Gasteiger partial charge in [0.2, 0.25) is 8.32 Å². The Morgan fingerprint density at radius 3 is 2.43 bits per heavy atom. The van der Waals surface area contributed by atoms with Crippen LogP contribution in [0.1, 0.15) is 63.1 Å². The van der Waals surface area contributed by atoms with Crippen molar-refractivity contribution in [1.29, 1.82) is 0 Å². The number of benzene rings is 2. The van der Waals surface area contributed by atoms with Crippen LogP contribution < -0.4 is 14.5 Å². The molecule has 164 valence electrons. The van der Waals surface area contributed by atoms with Crippen molar-refractivity contribution in [3.63, 3.8) is 0 Å². The minimum atomic E-state index is -1.82. The van der Waals surface area contributed by atoms with Gasteiger partial charge in [0.1, 0.15) is 11.5 Å². The molecular weight excluding hydrogens is 386 g/mol. The number of fused-ring (bicyclic) bond motifs is 1. The standard InChI is InChI=1S/C26H39NO2Si/c1-8-27-25-18-22(28-5)14-15-24(25)21-11-9-10-19-17-23(13-12-20(19)16-21)29-30(6,7)26(2,3)4/h12-15,17-18,21,27H,8-11,16H2,1-7H3. The molecule has 0 bridgehead atoms. The van der Waals surface area contributed by atoms with E-state index in [1.807, 2.05) is 0 Å². The lowest BCUT2D eigenvalue weighted by Crippen LogP contribution is -2.43. The van der Waals surface area contributed by atoms with Gasteiger partial charge in [-0.1, -0.05) is 32.9 Å². The Bertz CT molecular complexity index is 870. The molecule has 3 nitrogen and oxygen atoms in total. The van der Waals surface area contributed by atoms with E-state index in [4.69, 9.17) is 9.16 Å². The van der Waals surface area contributed by atoms with Crippen molar-refractivity contribution in [2.24, 2.45) is 0 Å². The van der Waals surface area contributed by atoms with Crippen LogP contribution in [-0.2, 0) is 12.8 Å². The van der Waals surface area contributed by atoms with Gasteiger partial charge in [-0.3, -0.25) is 0 Å². The van der Waals surface area contributed by atoms with Crippen molar-refractivity contribution >= 4 is 14.0 Å². The Balaban J connectivity index is 1.85. The molecular formula is C26H39NO2Si. The van der Waals surface area contributed by atoms with Crippen LogP contribution in [-0.4, -0.2) is 22.0 Å². The molecule has 0 saturated heterocycles. The summed E-state index contributed by atoms with van der Waals surface area (Å²) in [7, 11) is -0.0833. The zero-order valence-electron chi connectivity index (χ0n) is 19.9. The Morgan fingerprint density at radius 1 is 1.03 bits per heavy atom. The maximum Gasteiger partial charge on any atom is 0.250 e. The molecule has 0 heterocycles. The van der Waals surface area contributed by atoms with Crippen LogP contribution in [0.5, 0.6) is 11.5 Å². The fourth-order valence-corrected chi connectivity index (χ4v) is 5.10. The number of rotatable bonds is 6. The second-order valence-electron chi connectivity index (χ2n) is 10.1. The maximum absolute atomic E-state index is 6.58. The van der Waals surface area contributed by atoms with Crippen LogP contribution in [0.4, 0.5) is 5.69 Å². The van der Waals surface area contributed by atoms with Crippen LogP contribution in [0.15, 0.2) is 36.4 Å². The molecule has 0 fully saturated rings. The van der Waals surface area contributed by atoms with Gasteiger partial charge in [-0.15, -0.1) is 0 Å². The smallest absolute Gasteiger partial charge is 0.250 e. The lowest BCUT2D eigenvalue weighted by Gasteiger charge is -2.36. The molecule has 0 spiro atoms. The van der Waals surface area contributed by atoms with E-state index >= 15 is 0 Å². The quantitative estimate of drug-likeness (QED) is 0.393. The topological polar surface area (TPSA) is 30.5 Å². The molecule has 0 aromatic heterocycles. The number of aryl methyl sites for hydroxylation is 1. The SMILES string of the molecule is CCNc1cc(OC)ccc1C1CCCc2cc(O[Si](C)(C)C(C)(C)C)ccc2C1. The van der Waals surface area contributed by atoms with Crippen molar-refractivity contribution < 1.29 is 9.16 Å². The van der Waals surface area contributed by atoms with Gasteiger partial charge in [0.25, 0.3) is 0 Å². The van der Waals surface area contributed by atoms with E-state index in [1.54, 1.807) is 7.11 Å². The molecule has 0 amide bonds. The Hall–Kier alpha value is -1.94. The van der Waals surface area contributed by atoms with Gasteiger partial charge in [0, 0.05) is 18.3 Å². The van der Waals surface area contributed by atoms with Crippen molar-refractivity contribution in [2.75, 3.05) is 19.0 Å². The molecule has 1 aliphatic carbocycles. The van der Waals surface area contributed by atoms with Crippen molar-refractivity contribution in [3.05, 3.63) is 53.1 Å². The molecule has 3 rings (SSSR count). The van der Waals surface area contributed by atoms with E-state index in [2.05, 4.69) is 82.5 Å². The molecule has 30 heavy (non-hydrogen) atoms. The van der Waals surface area contributed by atoms with E-state index in [0.717, 1.165) is 30.9 Å². The average Bonchev–Trinajstić information content (AvgIpc) is 2.89. The third-order valence-electron chi connectivity index (χ3n) is 6.89. The first-order chi connectivity index (χ1) is 14.1. The number of nitrogens with one attached hydrogen (secondary N) is 1. The largest absolute Gasteiger partial charge is 0.543 e. The summed E-state index contributed by atoms with van der Waals surface area (Å²) in [4.78, 5) is 0. The first-order valence-corrected chi connectivity index (χ1v) is 14.3. The highest BCUT2D eigenvalue weighted by molar-refractivity contribution is 6.74. The summed E-state index contributed by atoms with van der Waals surface area (Å²) < 4.78 is 12.0. The molecule has 0 aliphatic heterocycles. The van der Waals surface area contributed by atoms with Crippen molar-refractivity contribution in [1.82, 2.24) is 0 Å². The summed E-state index contributed by atoms with van der Waals surface area (Å²) in [5.74, 6) is 2.49. The van der Waals surface area contributed by atoms with Crippen molar-refractivity contribution in [2.45, 2.75) is 77.4 Å². The number of hydrogen-bond acceptors (Lipinski definition) is 3. The van der Waals surface area contributed by atoms with Gasteiger partial charge in [-0.05, 0) is 91.5 Å². The molecule has 2 aromatic carbocycles. The highest BCUT2D eigenvalue weighted by Gasteiger charge is 2.39. The maximum atomic E-state index is 6.58. The highest BCUT2D eigenvalue weighted by atomic mass is 28.4. The summed E-state index contributed by atoms with van der Waals surface area (Å²) in [5.41, 5.74) is 5.56. The van der Waals surface area contributed by atoms with Crippen LogP contribution in [0.2, 0.25) is 18.1 Å². The number of anilines is 1. The lowest BCUT2D eigenvalue weighted by atomic mass is 9.88. The summed E-state index contributed by atoms with van der Waals surface area (Å²) in [6.45, 7) is 14.6. The number of hydrogen-bond donors (Lipinski definition) is 1. The molecule has 2 aromatic rings. The molecule has 1 aliphatic rings. The lowest BCUT2D eigenvalue weighted by molar-refractivity contribution is 0.414. The van der Waals surface area contributed by atoms with Gasteiger partial charge >= 0.3 is 0 Å². The van der Waals surface area contributed by atoms with E-state index in [1.165, 1.54) is 35.2 Å². The molecule has 1 N–H and O–H groups in total. The Morgan fingerprint density at radius 2 is 1.77 bits per heavy atom. The average molecular weight is 426 g/mol. The van der Waals surface area contributed by atoms with Crippen LogP contribution in [0.3, 0.4) is 0 Å². The molecule has 1 atom stereocenters. The first-order valence-electron chi connectivity index (χ1n) is 11.4. The summed E-state index contributed by atoms with van der Waals surface area (Å²) >= 11 is 0. The zero-order chi connectivity index (χ0) is 21.9. The molecule has 4 heteroatoms. The third-order valence-corrected chi connectivity index (χ3v) is 11.2. The second kappa shape index (κ2) is 9.05. The monoisotopic (exact) mass is 425 g/mol. The summed E-state index contributed by atoms with van der Waals surface area (Å²) in [5, 5.41) is 3.76. The van der Waals surface area contributed by atoms with E-state index in [9.17, 15) is 0 Å². The predicted molar refractivity (Wildman–Crippen MR) is 131 cm³/mol. The zero-order valence-corrected chi connectivity index (χ0v) is 20.9. The molecule has 1 unspecified atom stereocenters. The Kier molecular flexibility index (Phi) is 6.86. The van der Waals surface area contributed by atoms with Gasteiger partial charge in [-0.25, -0.2) is 0 Å². The first kappa shape index (κ1) is 22.7. The fraction of sp³-hybridized carbons (Fsp3) is 0.538. The minimum Gasteiger partial charge on any atom is -0.543 e. The van der Waals surface area contributed by atoms with Crippen LogP contribution in [0, 0.1) is 0 Å². The van der Waals surface area contributed by atoms with Crippen LogP contribution >= 0.6 is 0 Å². The minimum absolute atomic E-state index is 0.210. The highest BCUT2D eigenvalue weighted by Crippen LogP contribution is 2.40. The summed E-state index contributed by atoms with van der Waals surface area (Å²) in [6, 6.07) is 13.3. The third kappa shape index (κ3) is 5.03. The fourth-order valence-electron chi connectivity index (χ4n) is 4.08. The number of methoxy groups -OCH3 is 1. The van der Waals surface area contributed by atoms with Gasteiger partial charge in [0.15, 0.2) is 0 Å². The van der Waals surface area contributed by atoms with Crippen LogP contribution in [0.25, 0.3) is 0 Å². The Labute approximate surface area is 184 Å². The predicted octanol–water partition coefficient (Wildman–Crippen LogP) is 7.17. The second-order valence-corrected chi connectivity index (χ2v) is 14.8. The van der Waals surface area contributed by atoms with E-state index in [0.29, 0.717) is 5.92 Å². The molecule has 0 saturated carbocycles. The van der Waals surface area contributed by atoms with E-state index < -0.39 is 8.32 Å². The van der Waals surface area contributed by atoms with E-state index in [-0.39, 0.29) is 5.04 Å². The van der Waals surface area contributed by atoms with Gasteiger partial charge in [-0.2, -0.15) is 0 Å².